The Morgan fingerprint density at radius 2 is 1.13 bits per heavy atom. The van der Waals surface area contributed by atoms with E-state index in [1.54, 1.807) is 36.4 Å². The van der Waals surface area contributed by atoms with E-state index in [1.165, 1.54) is 0 Å². The predicted molar refractivity (Wildman–Crippen MR) is 155 cm³/mol. The Morgan fingerprint density at radius 1 is 0.692 bits per heavy atom. The maximum absolute atomic E-state index is 6.82. The molecule has 2 unspecified atom stereocenters. The number of alkyl halides is 2. The molecule has 10 N–H and O–H groups in total. The van der Waals surface area contributed by atoms with E-state index >= 15 is 0 Å². The second-order valence-corrected chi connectivity index (χ2v) is 10.3. The third-order valence-electron chi connectivity index (χ3n) is 6.27. The van der Waals surface area contributed by atoms with Crippen molar-refractivity contribution in [3.63, 3.8) is 0 Å². The van der Waals surface area contributed by atoms with Crippen LogP contribution in [0.15, 0.2) is 61.2 Å². The highest BCUT2D eigenvalue weighted by atomic mass is 35.5. The van der Waals surface area contributed by atoms with Crippen LogP contribution < -0.4 is 41.5 Å². The van der Waals surface area contributed by atoms with Gasteiger partial charge in [-0.3, -0.25) is 0 Å². The number of nitrogens with zero attached hydrogens (tertiary/aromatic N) is 2. The number of hydrogen-bond donors (Lipinski definition) is 6. The molecule has 0 fully saturated rings. The first-order valence-corrected chi connectivity index (χ1v) is 13.7. The Bertz CT molecular complexity index is 1260. The Kier molecular flexibility index (Phi) is 9.67. The summed E-state index contributed by atoms with van der Waals surface area (Å²) < 4.78 is 15.8. The molecule has 0 aliphatic rings. The number of aromatic amines is 2. The largest absolute Gasteiger partial charge is 0.491 e. The number of halogens is 2. The lowest BCUT2D eigenvalue weighted by molar-refractivity contribution is -0.705. The number of nitrogens with one attached hydrogen (secondary N) is 2. The second-order valence-electron chi connectivity index (χ2n) is 9.25. The molecule has 39 heavy (non-hydrogen) atoms. The summed E-state index contributed by atoms with van der Waals surface area (Å²) in [6.45, 7) is 2.42. The fraction of sp³-hybridized carbons (Fsp3) is 0.333. The minimum Gasteiger partial charge on any atom is -0.491 e. The summed E-state index contributed by atoms with van der Waals surface area (Å²) in [5.41, 5.74) is 25.9. The average Bonchev–Trinajstić information content (AvgIpc) is 3.58. The van der Waals surface area contributed by atoms with Gasteiger partial charge in [-0.1, -0.05) is 0 Å². The molecular formula is C27H36Cl2N8O2+2. The summed E-state index contributed by atoms with van der Waals surface area (Å²) in [6.07, 6.45) is 9.71. The van der Waals surface area contributed by atoms with Gasteiger partial charge in [0.25, 0.3) is 11.6 Å². The zero-order valence-corrected chi connectivity index (χ0v) is 23.2. The Labute approximate surface area is 237 Å². The molecule has 2 aromatic carbocycles. The smallest absolute Gasteiger partial charge is 0.272 e. The van der Waals surface area contributed by atoms with Crippen molar-refractivity contribution >= 4 is 46.0 Å². The number of imidazole rings is 2. The van der Waals surface area contributed by atoms with Crippen molar-refractivity contribution in [1.29, 1.82) is 0 Å². The minimum atomic E-state index is -0.320. The van der Waals surface area contributed by atoms with Crippen molar-refractivity contribution in [2.45, 2.75) is 43.1 Å². The van der Waals surface area contributed by atoms with Gasteiger partial charge in [-0.05, 0) is 24.3 Å². The molecule has 208 valence electrons. The summed E-state index contributed by atoms with van der Waals surface area (Å²) in [5.74, 6) is 2.96. The molecule has 2 heterocycles. The molecule has 0 saturated heterocycles. The van der Waals surface area contributed by atoms with Gasteiger partial charge in [0.05, 0.1) is 37.7 Å². The lowest BCUT2D eigenvalue weighted by atomic mass is 10.2. The van der Waals surface area contributed by atoms with E-state index in [1.807, 2.05) is 24.8 Å². The fourth-order valence-electron chi connectivity index (χ4n) is 4.27. The summed E-state index contributed by atoms with van der Waals surface area (Å²) in [5, 5.41) is -0.640. The van der Waals surface area contributed by atoms with E-state index in [4.69, 9.17) is 55.6 Å². The minimum absolute atomic E-state index is 0.320. The normalized spacial score (nSPS) is 12.8. The van der Waals surface area contributed by atoms with Gasteiger partial charge in [-0.2, -0.15) is 0 Å². The van der Waals surface area contributed by atoms with Crippen LogP contribution in [0.4, 0.5) is 22.7 Å². The van der Waals surface area contributed by atoms with Gasteiger partial charge in [0.2, 0.25) is 0 Å². The van der Waals surface area contributed by atoms with E-state index in [-0.39, 0.29) is 10.8 Å². The number of nitrogen functional groups attached to an aromatic ring is 4. The number of H-pyrrole nitrogens is 2. The van der Waals surface area contributed by atoms with E-state index in [2.05, 4.69) is 19.1 Å². The fourth-order valence-corrected chi connectivity index (χ4v) is 5.10. The molecule has 4 aromatic rings. The van der Waals surface area contributed by atoms with Gasteiger partial charge < -0.3 is 32.4 Å². The van der Waals surface area contributed by atoms with Crippen LogP contribution in [0.25, 0.3) is 0 Å². The van der Waals surface area contributed by atoms with Crippen molar-refractivity contribution < 1.29 is 18.6 Å². The SMILES string of the molecule is Nc1ccc(N)c(OCCC[n+]2cc[nH]c2C(Cl)CC(Cl)c2[nH]cc[n+]2CCCOc2cc(N)ccc2N)c1. The van der Waals surface area contributed by atoms with Crippen LogP contribution in [0.3, 0.4) is 0 Å². The number of rotatable bonds is 14. The van der Waals surface area contributed by atoms with E-state index < -0.39 is 0 Å². The topological polar surface area (TPSA) is 162 Å². The van der Waals surface area contributed by atoms with E-state index in [0.717, 1.165) is 37.6 Å². The standard InChI is InChI=1S/C27H34Cl2N8O2/c28-20(26-34-7-11-36(26)9-1-13-38-24-15-18(30)3-5-22(24)32)17-21(29)27-35-8-12-37(27)10-2-14-39-25-16-19(31)4-6-23(25)33/h3-8,11-12,15-16,20-21H,1-2,9-10,13-14,17,30-33H2/p+2. The van der Waals surface area contributed by atoms with Crippen molar-refractivity contribution in [3.8, 4) is 11.5 Å². The lowest BCUT2D eigenvalue weighted by Crippen LogP contribution is -2.39. The lowest BCUT2D eigenvalue weighted by Gasteiger charge is -2.12. The number of nitrogens with two attached hydrogens (primary N) is 4. The summed E-state index contributed by atoms with van der Waals surface area (Å²) >= 11 is 13.6. The zero-order valence-electron chi connectivity index (χ0n) is 21.7. The molecule has 0 amide bonds. The highest BCUT2D eigenvalue weighted by Gasteiger charge is 2.29. The molecule has 0 aliphatic carbocycles. The van der Waals surface area contributed by atoms with Crippen LogP contribution in [0, 0.1) is 0 Å². The van der Waals surface area contributed by atoms with Crippen LogP contribution in [0.1, 0.15) is 41.7 Å². The number of hydrogen-bond acceptors (Lipinski definition) is 6. The molecule has 0 radical (unpaired) electrons. The zero-order chi connectivity index (χ0) is 27.8. The second kappa shape index (κ2) is 13.3. The molecule has 2 aromatic heterocycles. The van der Waals surface area contributed by atoms with Crippen molar-refractivity contribution in [2.24, 2.45) is 0 Å². The molecular weight excluding hydrogens is 539 g/mol. The number of ether oxygens (including phenoxy) is 2. The molecule has 0 spiro atoms. The molecule has 12 heteroatoms. The van der Waals surface area contributed by atoms with Crippen LogP contribution >= 0.6 is 23.2 Å². The molecule has 0 saturated carbocycles. The first-order valence-electron chi connectivity index (χ1n) is 12.8. The van der Waals surface area contributed by atoms with Crippen molar-refractivity contribution in [1.82, 2.24) is 9.97 Å². The first kappa shape index (κ1) is 28.3. The van der Waals surface area contributed by atoms with Crippen LogP contribution in [-0.2, 0) is 13.1 Å². The third kappa shape index (κ3) is 7.64. The van der Waals surface area contributed by atoms with Crippen molar-refractivity contribution in [2.75, 3.05) is 36.1 Å². The molecule has 4 rings (SSSR count). The van der Waals surface area contributed by atoms with Gasteiger partial charge >= 0.3 is 0 Å². The first-order chi connectivity index (χ1) is 18.8. The van der Waals surface area contributed by atoms with Crippen LogP contribution in [0.5, 0.6) is 11.5 Å². The molecule has 0 aliphatic heterocycles. The molecule has 0 bridgehead atoms. The number of aryl methyl sites for hydroxylation is 2. The maximum atomic E-state index is 6.82. The Hall–Kier alpha value is -3.76. The van der Waals surface area contributed by atoms with Gasteiger partial charge in [0, 0.05) is 42.8 Å². The quantitative estimate of drug-likeness (QED) is 0.0580. The van der Waals surface area contributed by atoms with Gasteiger partial charge in [-0.25, -0.2) is 19.1 Å². The van der Waals surface area contributed by atoms with Gasteiger partial charge in [-0.15, -0.1) is 23.2 Å². The number of aromatic nitrogens is 4. The number of anilines is 4. The maximum Gasteiger partial charge on any atom is 0.272 e. The third-order valence-corrected chi connectivity index (χ3v) is 7.04. The summed E-state index contributed by atoms with van der Waals surface area (Å²) in [6, 6.07) is 10.4. The average molecular weight is 576 g/mol. The Balaban J connectivity index is 1.25. The summed E-state index contributed by atoms with van der Waals surface area (Å²) in [7, 11) is 0. The van der Waals surface area contributed by atoms with Crippen LogP contribution in [-0.4, -0.2) is 23.2 Å². The Morgan fingerprint density at radius 3 is 1.56 bits per heavy atom. The van der Waals surface area contributed by atoms with Crippen LogP contribution in [0.2, 0.25) is 0 Å². The van der Waals surface area contributed by atoms with E-state index in [9.17, 15) is 0 Å². The predicted octanol–water partition coefficient (Wildman–Crippen LogP) is 3.83. The van der Waals surface area contributed by atoms with E-state index in [0.29, 0.717) is 53.9 Å². The van der Waals surface area contributed by atoms with Gasteiger partial charge in [0.1, 0.15) is 47.0 Å². The van der Waals surface area contributed by atoms with Gasteiger partial charge in [0.15, 0.2) is 0 Å². The molecule has 10 nitrogen and oxygen atoms in total. The number of benzene rings is 2. The summed E-state index contributed by atoms with van der Waals surface area (Å²) in [4.78, 5) is 6.51. The van der Waals surface area contributed by atoms with Crippen molar-refractivity contribution in [3.05, 3.63) is 72.8 Å². The highest BCUT2D eigenvalue weighted by molar-refractivity contribution is 6.23. The molecule has 2 atom stereocenters. The highest BCUT2D eigenvalue weighted by Crippen LogP contribution is 2.32. The monoisotopic (exact) mass is 574 g/mol.